The summed E-state index contributed by atoms with van der Waals surface area (Å²) in [6, 6.07) is 0. The third-order valence-corrected chi connectivity index (χ3v) is 4.18. The molecule has 0 aromatic rings. The van der Waals surface area contributed by atoms with Crippen molar-refractivity contribution in [1.82, 2.24) is 0 Å². The highest BCUT2D eigenvalue weighted by Gasteiger charge is 2.34. The highest BCUT2D eigenvalue weighted by atomic mass is 16.3. The molecule has 3 atom stereocenters. The van der Waals surface area contributed by atoms with E-state index >= 15 is 0 Å². The molecule has 0 amide bonds. The van der Waals surface area contributed by atoms with E-state index in [9.17, 15) is 5.11 Å². The van der Waals surface area contributed by atoms with Crippen molar-refractivity contribution in [3.63, 3.8) is 0 Å². The lowest BCUT2D eigenvalue weighted by molar-refractivity contribution is 0.0961. The average molecular weight is 210 g/mol. The molecule has 1 N–H and O–H groups in total. The molecular formula is C14H26O. The molecule has 3 unspecified atom stereocenters. The zero-order chi connectivity index (χ0) is 11.6. The van der Waals surface area contributed by atoms with Crippen molar-refractivity contribution >= 4 is 0 Å². The topological polar surface area (TPSA) is 20.2 Å². The van der Waals surface area contributed by atoms with Crippen molar-refractivity contribution in [2.45, 2.75) is 60.0 Å². The molecule has 0 spiro atoms. The van der Waals surface area contributed by atoms with Gasteiger partial charge in [-0.15, -0.1) is 0 Å². The minimum absolute atomic E-state index is 0.185. The Balaban J connectivity index is 2.72. The second-order valence-electron chi connectivity index (χ2n) is 5.98. The summed E-state index contributed by atoms with van der Waals surface area (Å²) in [7, 11) is 0. The molecule has 1 nitrogen and oxygen atoms in total. The fourth-order valence-corrected chi connectivity index (χ4v) is 2.68. The molecule has 0 radical (unpaired) electrons. The normalized spacial score (nSPS) is 29.5. The highest BCUT2D eigenvalue weighted by Crippen LogP contribution is 2.44. The van der Waals surface area contributed by atoms with Crippen LogP contribution in [0, 0.1) is 17.3 Å². The largest absolute Gasteiger partial charge is 0.393 e. The van der Waals surface area contributed by atoms with Crippen molar-refractivity contribution < 1.29 is 5.11 Å². The van der Waals surface area contributed by atoms with Crippen LogP contribution in [0.5, 0.6) is 0 Å². The summed E-state index contributed by atoms with van der Waals surface area (Å²) in [4.78, 5) is 0. The van der Waals surface area contributed by atoms with Gasteiger partial charge in [0.05, 0.1) is 6.10 Å². The molecule has 1 heteroatoms. The van der Waals surface area contributed by atoms with Crippen LogP contribution in [0.2, 0.25) is 0 Å². The molecule has 88 valence electrons. The monoisotopic (exact) mass is 210 g/mol. The third kappa shape index (κ3) is 3.07. The summed E-state index contributed by atoms with van der Waals surface area (Å²) in [5.41, 5.74) is 1.93. The van der Waals surface area contributed by atoms with Gasteiger partial charge in [-0.1, -0.05) is 32.4 Å². The molecule has 1 rings (SSSR count). The van der Waals surface area contributed by atoms with Crippen molar-refractivity contribution in [3.8, 4) is 0 Å². The highest BCUT2D eigenvalue weighted by molar-refractivity contribution is 5.12. The number of aliphatic hydroxyl groups excluding tert-OH is 1. The van der Waals surface area contributed by atoms with E-state index in [1.54, 1.807) is 0 Å². The van der Waals surface area contributed by atoms with E-state index < -0.39 is 0 Å². The van der Waals surface area contributed by atoms with E-state index in [0.717, 1.165) is 6.42 Å². The van der Waals surface area contributed by atoms with E-state index in [1.807, 2.05) is 6.92 Å². The molecule has 0 saturated carbocycles. The maximum Gasteiger partial charge on any atom is 0.0537 e. The summed E-state index contributed by atoms with van der Waals surface area (Å²) < 4.78 is 0. The minimum Gasteiger partial charge on any atom is -0.393 e. The van der Waals surface area contributed by atoms with Gasteiger partial charge in [-0.25, -0.2) is 0 Å². The van der Waals surface area contributed by atoms with Crippen LogP contribution < -0.4 is 0 Å². The van der Waals surface area contributed by atoms with Crippen LogP contribution in [-0.4, -0.2) is 11.2 Å². The minimum atomic E-state index is -0.185. The third-order valence-electron chi connectivity index (χ3n) is 4.18. The molecule has 0 aromatic heterocycles. The Labute approximate surface area is 94.6 Å². The molecule has 0 aromatic carbocycles. The van der Waals surface area contributed by atoms with E-state index in [2.05, 4.69) is 33.8 Å². The maximum absolute atomic E-state index is 9.59. The Hall–Kier alpha value is -0.300. The van der Waals surface area contributed by atoms with Gasteiger partial charge in [0.1, 0.15) is 0 Å². The van der Waals surface area contributed by atoms with Crippen LogP contribution in [0.25, 0.3) is 0 Å². The van der Waals surface area contributed by atoms with Gasteiger partial charge >= 0.3 is 0 Å². The SMILES string of the molecule is CC1=CCCC(C)(C)C1CC(C)C(C)O. The number of allylic oxidation sites excluding steroid dienone is 2. The fourth-order valence-electron chi connectivity index (χ4n) is 2.68. The van der Waals surface area contributed by atoms with Crippen molar-refractivity contribution in [3.05, 3.63) is 11.6 Å². The predicted octanol–water partition coefficient (Wildman–Crippen LogP) is 3.78. The summed E-state index contributed by atoms with van der Waals surface area (Å²) in [6.07, 6.45) is 5.81. The lowest BCUT2D eigenvalue weighted by atomic mass is 9.65. The van der Waals surface area contributed by atoms with Gasteiger partial charge in [-0.2, -0.15) is 0 Å². The first-order valence-electron chi connectivity index (χ1n) is 6.19. The molecule has 15 heavy (non-hydrogen) atoms. The molecule has 0 aliphatic heterocycles. The second-order valence-corrected chi connectivity index (χ2v) is 5.98. The van der Waals surface area contributed by atoms with Crippen LogP contribution in [0.3, 0.4) is 0 Å². The Bertz CT molecular complexity index is 238. The van der Waals surface area contributed by atoms with Gasteiger partial charge in [0.2, 0.25) is 0 Å². The quantitative estimate of drug-likeness (QED) is 0.703. The summed E-state index contributed by atoms with van der Waals surface area (Å²) >= 11 is 0. The van der Waals surface area contributed by atoms with Gasteiger partial charge in [0, 0.05) is 0 Å². The van der Waals surface area contributed by atoms with E-state index in [0.29, 0.717) is 17.3 Å². The van der Waals surface area contributed by atoms with Gasteiger partial charge < -0.3 is 5.11 Å². The molecule has 0 fully saturated rings. The molecular weight excluding hydrogens is 184 g/mol. The van der Waals surface area contributed by atoms with Gasteiger partial charge in [0.15, 0.2) is 0 Å². The number of hydrogen-bond donors (Lipinski definition) is 1. The zero-order valence-corrected chi connectivity index (χ0v) is 10.9. The summed E-state index contributed by atoms with van der Waals surface area (Å²) in [5, 5.41) is 9.59. The fraction of sp³-hybridized carbons (Fsp3) is 0.857. The summed E-state index contributed by atoms with van der Waals surface area (Å²) in [5.74, 6) is 1.05. The maximum atomic E-state index is 9.59. The number of aliphatic hydroxyl groups is 1. The van der Waals surface area contributed by atoms with Crippen molar-refractivity contribution in [1.29, 1.82) is 0 Å². The van der Waals surface area contributed by atoms with Crippen molar-refractivity contribution in [2.24, 2.45) is 17.3 Å². The van der Waals surface area contributed by atoms with Gasteiger partial charge in [-0.3, -0.25) is 0 Å². The molecule has 0 saturated heterocycles. The van der Waals surface area contributed by atoms with Crippen LogP contribution in [0.15, 0.2) is 11.6 Å². The van der Waals surface area contributed by atoms with Crippen LogP contribution in [0.4, 0.5) is 0 Å². The Morgan fingerprint density at radius 2 is 2.07 bits per heavy atom. The standard InChI is InChI=1S/C14H26O/c1-10-7-6-8-14(4,5)13(10)9-11(2)12(3)15/h7,11-13,15H,6,8-9H2,1-5H3. The van der Waals surface area contributed by atoms with Crippen molar-refractivity contribution in [2.75, 3.05) is 0 Å². The zero-order valence-electron chi connectivity index (χ0n) is 10.9. The van der Waals surface area contributed by atoms with E-state index in [4.69, 9.17) is 0 Å². The Kier molecular flexibility index (Phi) is 3.99. The average Bonchev–Trinajstić information content (AvgIpc) is 2.10. The lowest BCUT2D eigenvalue weighted by Gasteiger charge is -2.40. The molecule has 1 aliphatic carbocycles. The first-order chi connectivity index (χ1) is 6.84. The van der Waals surface area contributed by atoms with E-state index in [-0.39, 0.29) is 6.10 Å². The first kappa shape index (κ1) is 12.8. The van der Waals surface area contributed by atoms with Gasteiger partial charge in [0.25, 0.3) is 0 Å². The lowest BCUT2D eigenvalue weighted by Crippen LogP contribution is -2.31. The second kappa shape index (κ2) is 4.69. The molecule has 0 bridgehead atoms. The predicted molar refractivity (Wildman–Crippen MR) is 65.7 cm³/mol. The Morgan fingerprint density at radius 1 is 1.47 bits per heavy atom. The van der Waals surface area contributed by atoms with E-state index in [1.165, 1.54) is 18.4 Å². The molecule has 0 heterocycles. The van der Waals surface area contributed by atoms with Gasteiger partial charge in [-0.05, 0) is 50.4 Å². The molecule has 1 aliphatic rings. The van der Waals surface area contributed by atoms with Crippen LogP contribution in [0.1, 0.15) is 53.9 Å². The van der Waals surface area contributed by atoms with Crippen LogP contribution >= 0.6 is 0 Å². The first-order valence-corrected chi connectivity index (χ1v) is 6.19. The van der Waals surface area contributed by atoms with Crippen LogP contribution in [-0.2, 0) is 0 Å². The number of rotatable bonds is 3. The number of hydrogen-bond acceptors (Lipinski definition) is 1. The Morgan fingerprint density at radius 3 is 2.53 bits per heavy atom. The summed E-state index contributed by atoms with van der Waals surface area (Å²) in [6.45, 7) is 11.0. The smallest absolute Gasteiger partial charge is 0.0537 e.